The zero-order chi connectivity index (χ0) is 17.5. The van der Waals surface area contributed by atoms with Gasteiger partial charge in [0.2, 0.25) is 0 Å². The Morgan fingerprint density at radius 2 is 1.79 bits per heavy atom. The summed E-state index contributed by atoms with van der Waals surface area (Å²) in [6.45, 7) is 8.67. The zero-order valence-corrected chi connectivity index (χ0v) is 14.8. The fraction of sp³-hybridized carbons (Fsp3) is 0.350. The minimum absolute atomic E-state index is 0.151. The molecule has 128 valence electrons. The van der Waals surface area contributed by atoms with Gasteiger partial charge < -0.3 is 14.8 Å². The first kappa shape index (κ1) is 17.9. The van der Waals surface area contributed by atoms with Crippen LogP contribution in [0.3, 0.4) is 0 Å². The standard InChI is InChI=1S/C20H25NO3/c1-14-9-10-18(13-16(14)3)23-12-11-21-20(22)17(4)24-19-8-6-5-7-15(19)2/h5-10,13,17H,11-12H2,1-4H3,(H,21,22)/t17-/m1/s1. The number of rotatable bonds is 7. The summed E-state index contributed by atoms with van der Waals surface area (Å²) in [5.41, 5.74) is 3.44. The van der Waals surface area contributed by atoms with Gasteiger partial charge in [-0.1, -0.05) is 24.3 Å². The molecule has 0 bridgehead atoms. The molecule has 0 spiro atoms. The highest BCUT2D eigenvalue weighted by Gasteiger charge is 2.14. The minimum Gasteiger partial charge on any atom is -0.492 e. The molecular weight excluding hydrogens is 302 g/mol. The molecule has 4 heteroatoms. The van der Waals surface area contributed by atoms with Gasteiger partial charge in [-0.3, -0.25) is 4.79 Å². The molecular formula is C20H25NO3. The van der Waals surface area contributed by atoms with E-state index in [4.69, 9.17) is 9.47 Å². The lowest BCUT2D eigenvalue weighted by atomic mass is 10.1. The largest absolute Gasteiger partial charge is 0.492 e. The van der Waals surface area contributed by atoms with Gasteiger partial charge in [-0.2, -0.15) is 0 Å². The van der Waals surface area contributed by atoms with Crippen LogP contribution >= 0.6 is 0 Å². The maximum atomic E-state index is 12.1. The van der Waals surface area contributed by atoms with Crippen molar-refractivity contribution in [3.63, 3.8) is 0 Å². The highest BCUT2D eigenvalue weighted by molar-refractivity contribution is 5.80. The van der Waals surface area contributed by atoms with Gasteiger partial charge in [0.25, 0.3) is 5.91 Å². The molecule has 0 aliphatic rings. The number of hydrogen-bond donors (Lipinski definition) is 1. The van der Waals surface area contributed by atoms with Gasteiger partial charge in [-0.15, -0.1) is 0 Å². The number of hydrogen-bond acceptors (Lipinski definition) is 3. The van der Waals surface area contributed by atoms with Crippen LogP contribution in [0.2, 0.25) is 0 Å². The lowest BCUT2D eigenvalue weighted by Crippen LogP contribution is -2.38. The molecule has 1 atom stereocenters. The molecule has 0 radical (unpaired) electrons. The van der Waals surface area contributed by atoms with Crippen molar-refractivity contribution in [2.24, 2.45) is 0 Å². The van der Waals surface area contributed by atoms with Gasteiger partial charge >= 0.3 is 0 Å². The molecule has 0 saturated heterocycles. The number of nitrogens with one attached hydrogen (secondary N) is 1. The van der Waals surface area contributed by atoms with Crippen molar-refractivity contribution >= 4 is 5.91 Å². The Balaban J connectivity index is 1.74. The van der Waals surface area contributed by atoms with Gasteiger partial charge in [0.05, 0.1) is 6.54 Å². The molecule has 4 nitrogen and oxygen atoms in total. The smallest absolute Gasteiger partial charge is 0.260 e. The first-order valence-corrected chi connectivity index (χ1v) is 8.17. The van der Waals surface area contributed by atoms with E-state index in [1.54, 1.807) is 6.92 Å². The molecule has 1 N–H and O–H groups in total. The van der Waals surface area contributed by atoms with Gasteiger partial charge in [0.1, 0.15) is 18.1 Å². The van der Waals surface area contributed by atoms with Gasteiger partial charge in [-0.05, 0) is 62.6 Å². The van der Waals surface area contributed by atoms with Crippen molar-refractivity contribution in [1.82, 2.24) is 5.32 Å². The van der Waals surface area contributed by atoms with Gasteiger partial charge in [0.15, 0.2) is 6.10 Å². The van der Waals surface area contributed by atoms with Crippen molar-refractivity contribution < 1.29 is 14.3 Å². The second kappa shape index (κ2) is 8.39. The van der Waals surface area contributed by atoms with Gasteiger partial charge in [-0.25, -0.2) is 0 Å². The molecule has 0 unspecified atom stereocenters. The summed E-state index contributed by atoms with van der Waals surface area (Å²) in [7, 11) is 0. The molecule has 2 rings (SSSR count). The monoisotopic (exact) mass is 327 g/mol. The highest BCUT2D eigenvalue weighted by atomic mass is 16.5. The van der Waals surface area contributed by atoms with E-state index in [1.165, 1.54) is 11.1 Å². The van der Waals surface area contributed by atoms with E-state index in [-0.39, 0.29) is 5.91 Å². The van der Waals surface area contributed by atoms with Crippen LogP contribution in [0.15, 0.2) is 42.5 Å². The maximum Gasteiger partial charge on any atom is 0.260 e. The Morgan fingerprint density at radius 1 is 1.04 bits per heavy atom. The minimum atomic E-state index is -0.548. The average molecular weight is 327 g/mol. The number of benzene rings is 2. The fourth-order valence-corrected chi connectivity index (χ4v) is 2.22. The van der Waals surface area contributed by atoms with E-state index >= 15 is 0 Å². The lowest BCUT2D eigenvalue weighted by molar-refractivity contribution is -0.127. The van der Waals surface area contributed by atoms with Crippen molar-refractivity contribution in [2.75, 3.05) is 13.2 Å². The van der Waals surface area contributed by atoms with E-state index in [2.05, 4.69) is 19.2 Å². The zero-order valence-electron chi connectivity index (χ0n) is 14.8. The fourth-order valence-electron chi connectivity index (χ4n) is 2.22. The SMILES string of the molecule is Cc1ccc(OCCNC(=O)[C@@H](C)Oc2ccccc2C)cc1C. The number of carbonyl (C=O) groups is 1. The van der Waals surface area contributed by atoms with E-state index in [0.717, 1.165) is 17.1 Å². The second-order valence-corrected chi connectivity index (χ2v) is 5.91. The molecule has 2 aromatic rings. The summed E-state index contributed by atoms with van der Waals surface area (Å²) in [6.07, 6.45) is -0.548. The quantitative estimate of drug-likeness (QED) is 0.791. The second-order valence-electron chi connectivity index (χ2n) is 5.91. The van der Waals surface area contributed by atoms with Crippen LogP contribution in [-0.2, 0) is 4.79 Å². The number of carbonyl (C=O) groups excluding carboxylic acids is 1. The summed E-state index contributed by atoms with van der Waals surface area (Å²) in [5.74, 6) is 1.39. The van der Waals surface area contributed by atoms with Crippen LogP contribution in [0.4, 0.5) is 0 Å². The predicted molar refractivity (Wildman–Crippen MR) is 95.7 cm³/mol. The molecule has 0 aliphatic heterocycles. The van der Waals surface area contributed by atoms with Crippen molar-refractivity contribution in [3.8, 4) is 11.5 Å². The normalized spacial score (nSPS) is 11.7. The van der Waals surface area contributed by atoms with Crippen LogP contribution < -0.4 is 14.8 Å². The van der Waals surface area contributed by atoms with Crippen LogP contribution in [0.1, 0.15) is 23.6 Å². The molecule has 0 aliphatic carbocycles. The molecule has 0 heterocycles. The summed E-state index contributed by atoms with van der Waals surface area (Å²) < 4.78 is 11.4. The van der Waals surface area contributed by atoms with Crippen molar-refractivity contribution in [2.45, 2.75) is 33.8 Å². The third-order valence-electron chi connectivity index (χ3n) is 3.91. The van der Waals surface area contributed by atoms with E-state index < -0.39 is 6.10 Å². The Morgan fingerprint density at radius 3 is 2.50 bits per heavy atom. The molecule has 0 aromatic heterocycles. The maximum absolute atomic E-state index is 12.1. The Kier molecular flexibility index (Phi) is 6.24. The summed E-state index contributed by atoms with van der Waals surface area (Å²) in [5, 5.41) is 2.83. The molecule has 24 heavy (non-hydrogen) atoms. The van der Waals surface area contributed by atoms with Crippen LogP contribution in [-0.4, -0.2) is 25.2 Å². The Hall–Kier alpha value is -2.49. The summed E-state index contributed by atoms with van der Waals surface area (Å²) >= 11 is 0. The van der Waals surface area contributed by atoms with Crippen LogP contribution in [0.5, 0.6) is 11.5 Å². The first-order chi connectivity index (χ1) is 11.5. The lowest BCUT2D eigenvalue weighted by Gasteiger charge is -2.16. The summed E-state index contributed by atoms with van der Waals surface area (Å²) in [6, 6.07) is 13.6. The van der Waals surface area contributed by atoms with Gasteiger partial charge in [0, 0.05) is 0 Å². The van der Waals surface area contributed by atoms with Crippen LogP contribution in [0.25, 0.3) is 0 Å². The number of aryl methyl sites for hydroxylation is 3. The number of ether oxygens (including phenoxy) is 2. The topological polar surface area (TPSA) is 47.6 Å². The predicted octanol–water partition coefficient (Wildman–Crippen LogP) is 3.57. The van der Waals surface area contributed by atoms with E-state index in [1.807, 2.05) is 49.4 Å². The average Bonchev–Trinajstić information content (AvgIpc) is 2.56. The Labute approximate surface area is 143 Å². The summed E-state index contributed by atoms with van der Waals surface area (Å²) in [4.78, 5) is 12.1. The van der Waals surface area contributed by atoms with E-state index in [9.17, 15) is 4.79 Å². The number of para-hydroxylation sites is 1. The highest BCUT2D eigenvalue weighted by Crippen LogP contribution is 2.18. The third kappa shape index (κ3) is 5.01. The molecule has 2 aromatic carbocycles. The Bertz CT molecular complexity index is 697. The number of amides is 1. The molecule has 0 saturated carbocycles. The van der Waals surface area contributed by atoms with Crippen molar-refractivity contribution in [3.05, 3.63) is 59.2 Å². The third-order valence-corrected chi connectivity index (χ3v) is 3.91. The molecule has 1 amide bonds. The molecule has 0 fully saturated rings. The van der Waals surface area contributed by atoms with Crippen molar-refractivity contribution in [1.29, 1.82) is 0 Å². The van der Waals surface area contributed by atoms with Crippen LogP contribution in [0, 0.1) is 20.8 Å². The van der Waals surface area contributed by atoms with E-state index in [0.29, 0.717) is 13.2 Å². The first-order valence-electron chi connectivity index (χ1n) is 8.17.